The second kappa shape index (κ2) is 4.97. The maximum atomic E-state index is 4.28. The van der Waals surface area contributed by atoms with Gasteiger partial charge < -0.3 is 5.32 Å². The lowest BCUT2D eigenvalue weighted by molar-refractivity contribution is 0.272. The summed E-state index contributed by atoms with van der Waals surface area (Å²) in [6, 6.07) is 0.535. The molecule has 1 aromatic heterocycles. The Labute approximate surface area is 97.6 Å². The highest BCUT2D eigenvalue weighted by atomic mass is 15.3. The smallest absolute Gasteiger partial charge is 0.0537 e. The molecular weight excluding hydrogens is 200 g/mol. The number of nitrogens with one attached hydrogen (secondary N) is 1. The summed E-state index contributed by atoms with van der Waals surface area (Å²) in [5.41, 5.74) is 1.35. The van der Waals surface area contributed by atoms with E-state index in [-0.39, 0.29) is 0 Å². The van der Waals surface area contributed by atoms with Gasteiger partial charge >= 0.3 is 0 Å². The van der Waals surface area contributed by atoms with Crippen LogP contribution in [0.2, 0.25) is 0 Å². The molecule has 2 atom stereocenters. The summed E-state index contributed by atoms with van der Waals surface area (Å²) in [6.07, 6.45) is 5.43. The Balaban J connectivity index is 2.09. The molecule has 1 N–H and O–H groups in total. The van der Waals surface area contributed by atoms with Gasteiger partial charge in [0.15, 0.2) is 0 Å². The van der Waals surface area contributed by atoms with Crippen LogP contribution in [0.25, 0.3) is 0 Å². The summed E-state index contributed by atoms with van der Waals surface area (Å²) in [6.45, 7) is 5.52. The normalized spacial score (nSPS) is 26.4. The molecule has 1 aromatic rings. The van der Waals surface area contributed by atoms with Crippen molar-refractivity contribution in [2.45, 2.75) is 19.4 Å². The van der Waals surface area contributed by atoms with E-state index in [1.165, 1.54) is 18.5 Å². The molecule has 0 aromatic carbocycles. The van der Waals surface area contributed by atoms with Crippen LogP contribution in [-0.4, -0.2) is 41.4 Å². The van der Waals surface area contributed by atoms with Crippen LogP contribution < -0.4 is 5.32 Å². The van der Waals surface area contributed by atoms with Crippen molar-refractivity contribution < 1.29 is 0 Å². The van der Waals surface area contributed by atoms with Gasteiger partial charge in [0, 0.05) is 24.8 Å². The van der Waals surface area contributed by atoms with Crippen molar-refractivity contribution in [3.8, 4) is 0 Å². The van der Waals surface area contributed by atoms with Crippen LogP contribution in [0.1, 0.15) is 24.9 Å². The lowest BCUT2D eigenvalue weighted by Crippen LogP contribution is -2.28. The predicted molar refractivity (Wildman–Crippen MR) is 65.2 cm³/mol. The highest BCUT2D eigenvalue weighted by molar-refractivity contribution is 5.14. The molecule has 0 spiro atoms. The summed E-state index contributed by atoms with van der Waals surface area (Å²) < 4.78 is 1.89. The van der Waals surface area contributed by atoms with Gasteiger partial charge in [-0.3, -0.25) is 9.58 Å². The summed E-state index contributed by atoms with van der Waals surface area (Å²) >= 11 is 0. The average Bonchev–Trinajstić information content (AvgIpc) is 2.82. The highest BCUT2D eigenvalue weighted by Gasteiger charge is 2.33. The first-order chi connectivity index (χ1) is 7.72. The van der Waals surface area contributed by atoms with E-state index in [1.54, 1.807) is 0 Å². The van der Waals surface area contributed by atoms with Gasteiger partial charge in [-0.15, -0.1) is 0 Å². The zero-order chi connectivity index (χ0) is 11.5. The molecule has 90 valence electrons. The maximum absolute atomic E-state index is 4.28. The molecule has 2 unspecified atom stereocenters. The van der Waals surface area contributed by atoms with Crippen molar-refractivity contribution in [1.29, 1.82) is 0 Å². The average molecular weight is 222 g/mol. The topological polar surface area (TPSA) is 33.1 Å². The molecular formula is C12H22N4. The first-order valence-corrected chi connectivity index (χ1v) is 6.12. The largest absolute Gasteiger partial charge is 0.317 e. The lowest BCUT2D eigenvalue weighted by atomic mass is 9.96. The van der Waals surface area contributed by atoms with Gasteiger partial charge in [0.25, 0.3) is 0 Å². The van der Waals surface area contributed by atoms with Crippen molar-refractivity contribution in [3.05, 3.63) is 18.0 Å². The third kappa shape index (κ3) is 2.28. The molecule has 2 rings (SSSR count). The summed E-state index contributed by atoms with van der Waals surface area (Å²) in [4.78, 5) is 2.44. The molecule has 0 saturated carbocycles. The third-order valence-electron chi connectivity index (χ3n) is 3.50. The number of aromatic nitrogens is 2. The monoisotopic (exact) mass is 222 g/mol. The van der Waals surface area contributed by atoms with Crippen LogP contribution in [0.15, 0.2) is 12.4 Å². The maximum Gasteiger partial charge on any atom is 0.0537 e. The molecule has 1 aliphatic rings. The quantitative estimate of drug-likeness (QED) is 0.826. The first-order valence-electron chi connectivity index (χ1n) is 6.12. The molecule has 1 aliphatic heterocycles. The molecule has 0 radical (unpaired) electrons. The van der Waals surface area contributed by atoms with E-state index in [9.17, 15) is 0 Å². The Kier molecular flexibility index (Phi) is 3.61. The van der Waals surface area contributed by atoms with E-state index in [0.717, 1.165) is 13.1 Å². The van der Waals surface area contributed by atoms with Crippen LogP contribution in [0.3, 0.4) is 0 Å². The number of hydrogen-bond donors (Lipinski definition) is 1. The van der Waals surface area contributed by atoms with Crippen molar-refractivity contribution in [2.24, 2.45) is 13.0 Å². The van der Waals surface area contributed by atoms with Gasteiger partial charge in [0.05, 0.1) is 6.20 Å². The van der Waals surface area contributed by atoms with Gasteiger partial charge in [0.1, 0.15) is 0 Å². The van der Waals surface area contributed by atoms with Gasteiger partial charge in [-0.1, -0.05) is 6.92 Å². The van der Waals surface area contributed by atoms with Gasteiger partial charge in [-0.25, -0.2) is 0 Å². The second-order valence-electron chi connectivity index (χ2n) is 4.73. The van der Waals surface area contributed by atoms with Crippen molar-refractivity contribution in [1.82, 2.24) is 20.0 Å². The number of rotatable bonds is 4. The Morgan fingerprint density at radius 2 is 2.31 bits per heavy atom. The minimum Gasteiger partial charge on any atom is -0.317 e. The predicted octanol–water partition coefficient (Wildman–Crippen LogP) is 1.02. The zero-order valence-corrected chi connectivity index (χ0v) is 10.5. The number of hydrogen-bond acceptors (Lipinski definition) is 3. The number of nitrogens with zero attached hydrogens (tertiary/aromatic N) is 3. The number of aryl methyl sites for hydroxylation is 1. The van der Waals surface area contributed by atoms with E-state index in [1.807, 2.05) is 17.9 Å². The van der Waals surface area contributed by atoms with Gasteiger partial charge in [-0.05, 0) is 39.0 Å². The third-order valence-corrected chi connectivity index (χ3v) is 3.50. The SMILES string of the molecule is CCNCC1CCN(C)C1c1cnn(C)c1. The Morgan fingerprint density at radius 3 is 2.94 bits per heavy atom. The van der Waals surface area contributed by atoms with Crippen LogP contribution in [-0.2, 0) is 7.05 Å². The molecule has 1 fully saturated rings. The van der Waals surface area contributed by atoms with Crippen LogP contribution in [0.4, 0.5) is 0 Å². The van der Waals surface area contributed by atoms with Crippen LogP contribution in [0.5, 0.6) is 0 Å². The van der Waals surface area contributed by atoms with Crippen LogP contribution >= 0.6 is 0 Å². The highest BCUT2D eigenvalue weighted by Crippen LogP contribution is 2.35. The Morgan fingerprint density at radius 1 is 1.50 bits per heavy atom. The van der Waals surface area contributed by atoms with Crippen molar-refractivity contribution in [2.75, 3.05) is 26.7 Å². The number of likely N-dealkylation sites (tertiary alicyclic amines) is 1. The van der Waals surface area contributed by atoms with Gasteiger partial charge in [-0.2, -0.15) is 5.10 Å². The fourth-order valence-corrected chi connectivity index (χ4v) is 2.69. The lowest BCUT2D eigenvalue weighted by Gasteiger charge is -2.24. The summed E-state index contributed by atoms with van der Waals surface area (Å²) in [5, 5.41) is 7.74. The molecule has 0 aliphatic carbocycles. The fraction of sp³-hybridized carbons (Fsp3) is 0.750. The van der Waals surface area contributed by atoms with E-state index in [2.05, 4.69) is 35.5 Å². The van der Waals surface area contributed by atoms with Gasteiger partial charge in [0.2, 0.25) is 0 Å². The molecule has 0 amide bonds. The van der Waals surface area contributed by atoms with E-state index < -0.39 is 0 Å². The molecule has 0 bridgehead atoms. The fourth-order valence-electron chi connectivity index (χ4n) is 2.69. The molecule has 1 saturated heterocycles. The van der Waals surface area contributed by atoms with E-state index >= 15 is 0 Å². The summed E-state index contributed by atoms with van der Waals surface area (Å²) in [7, 11) is 4.20. The van der Waals surface area contributed by atoms with E-state index in [0.29, 0.717) is 12.0 Å². The second-order valence-corrected chi connectivity index (χ2v) is 4.73. The molecule has 16 heavy (non-hydrogen) atoms. The summed E-state index contributed by atoms with van der Waals surface area (Å²) in [5.74, 6) is 0.717. The zero-order valence-electron chi connectivity index (χ0n) is 10.5. The minimum absolute atomic E-state index is 0.535. The molecule has 4 nitrogen and oxygen atoms in total. The standard InChI is InChI=1S/C12H22N4/c1-4-13-7-10-5-6-15(2)12(10)11-8-14-16(3)9-11/h8-10,12-13H,4-7H2,1-3H3. The Bertz CT molecular complexity index is 334. The van der Waals surface area contributed by atoms with Crippen molar-refractivity contribution >= 4 is 0 Å². The molecule has 4 heteroatoms. The molecule has 2 heterocycles. The Hall–Kier alpha value is -0.870. The van der Waals surface area contributed by atoms with Crippen molar-refractivity contribution in [3.63, 3.8) is 0 Å². The minimum atomic E-state index is 0.535. The first kappa shape index (κ1) is 11.6. The van der Waals surface area contributed by atoms with Crippen LogP contribution in [0, 0.1) is 5.92 Å². The van der Waals surface area contributed by atoms with E-state index in [4.69, 9.17) is 0 Å².